The lowest BCUT2D eigenvalue weighted by Gasteiger charge is -2.36. The van der Waals surface area contributed by atoms with Crippen LogP contribution in [0.2, 0.25) is 0 Å². The normalized spacial score (nSPS) is 17.6. The first-order valence-electron chi connectivity index (χ1n) is 8.70. The highest BCUT2D eigenvalue weighted by molar-refractivity contribution is 7.91. The fourth-order valence-electron chi connectivity index (χ4n) is 3.33. The molecule has 7 heteroatoms. The first kappa shape index (κ1) is 19.5. The Hall–Kier alpha value is -2.22. The second-order valence-corrected chi connectivity index (χ2v) is 8.50. The third-order valence-corrected chi connectivity index (χ3v) is 6.86. The zero-order chi connectivity index (χ0) is 19.5. The largest absolute Gasteiger partial charge is 0.411 e. The zero-order valence-electron chi connectivity index (χ0n) is 15.4. The Bertz CT molecular complexity index is 929. The van der Waals surface area contributed by atoms with Gasteiger partial charge in [-0.1, -0.05) is 29.4 Å². The smallest absolute Gasteiger partial charge is 0.206 e. The van der Waals surface area contributed by atoms with Crippen LogP contribution in [0.15, 0.2) is 63.5 Å². The summed E-state index contributed by atoms with van der Waals surface area (Å²) in [6.07, 6.45) is 1.36. The van der Waals surface area contributed by atoms with E-state index in [0.29, 0.717) is 37.3 Å². The predicted molar refractivity (Wildman–Crippen MR) is 101 cm³/mol. The first-order chi connectivity index (χ1) is 12.9. The van der Waals surface area contributed by atoms with Gasteiger partial charge in [0.2, 0.25) is 9.84 Å². The van der Waals surface area contributed by atoms with Crippen molar-refractivity contribution < 1.29 is 23.1 Å². The Morgan fingerprint density at radius 3 is 2.37 bits per heavy atom. The Labute approximate surface area is 159 Å². The average molecular weight is 389 g/mol. The molecule has 0 atom stereocenters. The fourth-order valence-corrected chi connectivity index (χ4v) is 4.63. The molecule has 0 unspecified atom stereocenters. The van der Waals surface area contributed by atoms with Gasteiger partial charge in [0.1, 0.15) is 0 Å². The first-order valence-corrected chi connectivity index (χ1v) is 10.2. The number of hydrogen-bond donors (Lipinski definition) is 1. The Balaban J connectivity index is 1.98. The number of rotatable bonds is 5. The number of hydrogen-bond acceptors (Lipinski definition) is 6. The van der Waals surface area contributed by atoms with Gasteiger partial charge in [0.05, 0.1) is 21.1 Å². The molecule has 0 spiro atoms. The van der Waals surface area contributed by atoms with E-state index in [1.807, 2.05) is 6.07 Å². The highest BCUT2D eigenvalue weighted by Gasteiger charge is 2.35. The summed E-state index contributed by atoms with van der Waals surface area (Å²) >= 11 is 0. The minimum atomic E-state index is -3.67. The summed E-state index contributed by atoms with van der Waals surface area (Å²) in [6, 6.07) is 13.2. The molecule has 1 fully saturated rings. The molecule has 6 nitrogen and oxygen atoms in total. The van der Waals surface area contributed by atoms with Gasteiger partial charge in [-0.05, 0) is 42.3 Å². The third kappa shape index (κ3) is 3.76. The van der Waals surface area contributed by atoms with Crippen LogP contribution < -0.4 is 0 Å². The maximum absolute atomic E-state index is 13.1. The number of oxime groups is 1. The molecule has 1 heterocycles. The molecule has 0 amide bonds. The highest BCUT2D eigenvalue weighted by atomic mass is 32.2. The van der Waals surface area contributed by atoms with Gasteiger partial charge in [-0.3, -0.25) is 0 Å². The van der Waals surface area contributed by atoms with Crippen molar-refractivity contribution in [1.82, 2.24) is 0 Å². The maximum Gasteiger partial charge on any atom is 0.206 e. The molecule has 2 aromatic rings. The van der Waals surface area contributed by atoms with E-state index in [0.717, 1.165) is 5.56 Å². The summed E-state index contributed by atoms with van der Waals surface area (Å²) in [4.78, 5) is 0.413. The van der Waals surface area contributed by atoms with Crippen molar-refractivity contribution in [1.29, 1.82) is 0 Å². The molecular formula is C20H23NO5S. The van der Waals surface area contributed by atoms with Gasteiger partial charge in [-0.25, -0.2) is 8.42 Å². The minimum absolute atomic E-state index is 0.188. The van der Waals surface area contributed by atoms with Gasteiger partial charge in [0.25, 0.3) is 0 Å². The van der Waals surface area contributed by atoms with Gasteiger partial charge in [-0.2, -0.15) is 0 Å². The van der Waals surface area contributed by atoms with Gasteiger partial charge >= 0.3 is 0 Å². The zero-order valence-corrected chi connectivity index (χ0v) is 16.2. The van der Waals surface area contributed by atoms with Crippen LogP contribution >= 0.6 is 0 Å². The molecule has 1 aliphatic heterocycles. The van der Waals surface area contributed by atoms with Crippen LogP contribution in [0.25, 0.3) is 0 Å². The number of ether oxygens (including phenoxy) is 2. The lowest BCUT2D eigenvalue weighted by atomic mass is 9.86. The highest BCUT2D eigenvalue weighted by Crippen LogP contribution is 2.37. The van der Waals surface area contributed by atoms with Crippen LogP contribution in [0, 0.1) is 0 Å². The molecular weight excluding hydrogens is 366 g/mol. The Morgan fingerprint density at radius 2 is 1.78 bits per heavy atom. The van der Waals surface area contributed by atoms with Crippen LogP contribution in [0.3, 0.4) is 0 Å². The molecule has 1 aliphatic rings. The molecule has 1 saturated heterocycles. The number of sulfone groups is 1. The third-order valence-electron chi connectivity index (χ3n) is 5.09. The second kappa shape index (κ2) is 7.80. The van der Waals surface area contributed by atoms with Crippen LogP contribution in [0.4, 0.5) is 0 Å². The van der Waals surface area contributed by atoms with E-state index in [-0.39, 0.29) is 9.79 Å². The fraction of sp³-hybridized carbons (Fsp3) is 0.350. The standard InChI is InChI=1S/C20H23NO5S/c1-15(21-22)16-6-8-18(9-7-16)27(23,24)19-5-3-4-17(14-19)20(25-2)10-12-26-13-11-20/h3-9,14,22H,10-13H2,1-2H3/b21-15-. The molecule has 0 radical (unpaired) electrons. The number of nitrogens with zero attached hydrogens (tertiary/aromatic N) is 1. The lowest BCUT2D eigenvalue weighted by Crippen LogP contribution is -2.35. The van der Waals surface area contributed by atoms with E-state index < -0.39 is 15.4 Å². The summed E-state index contributed by atoms with van der Waals surface area (Å²) in [5.74, 6) is 0. The SMILES string of the molecule is COC1(c2cccc(S(=O)(=O)c3ccc(/C(C)=N\O)cc3)c2)CCOCC1. The quantitative estimate of drug-likeness (QED) is 0.481. The van der Waals surface area contributed by atoms with Gasteiger partial charge in [0, 0.05) is 33.2 Å². The molecule has 3 rings (SSSR count). The summed E-state index contributed by atoms with van der Waals surface area (Å²) in [5, 5.41) is 12.0. The second-order valence-electron chi connectivity index (χ2n) is 6.55. The molecule has 0 aliphatic carbocycles. The summed E-state index contributed by atoms with van der Waals surface area (Å²) in [5.41, 5.74) is 1.39. The van der Waals surface area contributed by atoms with E-state index >= 15 is 0 Å². The van der Waals surface area contributed by atoms with E-state index in [9.17, 15) is 8.42 Å². The van der Waals surface area contributed by atoms with E-state index in [2.05, 4.69) is 5.16 Å². The van der Waals surface area contributed by atoms with Crippen LogP contribution in [-0.2, 0) is 24.9 Å². The number of benzene rings is 2. The molecule has 1 N–H and O–H groups in total. The summed E-state index contributed by atoms with van der Waals surface area (Å²) < 4.78 is 37.3. The number of methoxy groups -OCH3 is 1. The maximum atomic E-state index is 13.1. The van der Waals surface area contributed by atoms with Crippen molar-refractivity contribution >= 4 is 15.5 Å². The molecule has 0 aromatic heterocycles. The Kier molecular flexibility index (Phi) is 5.64. The van der Waals surface area contributed by atoms with Crippen molar-refractivity contribution in [3.05, 3.63) is 59.7 Å². The van der Waals surface area contributed by atoms with Crippen molar-refractivity contribution in [2.75, 3.05) is 20.3 Å². The monoisotopic (exact) mass is 389 g/mol. The van der Waals surface area contributed by atoms with E-state index in [4.69, 9.17) is 14.7 Å². The van der Waals surface area contributed by atoms with Crippen LogP contribution in [-0.4, -0.2) is 39.7 Å². The lowest BCUT2D eigenvalue weighted by molar-refractivity contribution is -0.0948. The van der Waals surface area contributed by atoms with Gasteiger partial charge in [-0.15, -0.1) is 0 Å². The van der Waals surface area contributed by atoms with Crippen LogP contribution in [0.5, 0.6) is 0 Å². The molecule has 144 valence electrons. The molecule has 27 heavy (non-hydrogen) atoms. The van der Waals surface area contributed by atoms with Crippen LogP contribution in [0.1, 0.15) is 30.9 Å². The van der Waals surface area contributed by atoms with E-state index in [1.165, 1.54) is 12.1 Å². The Morgan fingerprint density at radius 1 is 1.11 bits per heavy atom. The predicted octanol–water partition coefficient (Wildman–Crippen LogP) is 3.37. The minimum Gasteiger partial charge on any atom is -0.411 e. The summed E-state index contributed by atoms with van der Waals surface area (Å²) in [6.45, 7) is 2.81. The van der Waals surface area contributed by atoms with Crippen molar-refractivity contribution in [3.8, 4) is 0 Å². The topological polar surface area (TPSA) is 85.2 Å². The van der Waals surface area contributed by atoms with E-state index in [1.54, 1.807) is 44.4 Å². The van der Waals surface area contributed by atoms with Gasteiger partial charge in [0.15, 0.2) is 0 Å². The van der Waals surface area contributed by atoms with Crippen molar-refractivity contribution in [3.63, 3.8) is 0 Å². The average Bonchev–Trinajstić information content (AvgIpc) is 2.73. The summed E-state index contributed by atoms with van der Waals surface area (Å²) in [7, 11) is -2.02. The molecule has 0 bridgehead atoms. The van der Waals surface area contributed by atoms with Crippen molar-refractivity contribution in [2.24, 2.45) is 5.16 Å². The van der Waals surface area contributed by atoms with Crippen molar-refractivity contribution in [2.45, 2.75) is 35.2 Å². The molecule has 0 saturated carbocycles. The molecule has 2 aromatic carbocycles. The van der Waals surface area contributed by atoms with Gasteiger partial charge < -0.3 is 14.7 Å².